The molecule has 128 valence electrons. The lowest BCUT2D eigenvalue weighted by molar-refractivity contribution is 0.0527. The number of fused-ring (bicyclic) bond motifs is 1. The summed E-state index contributed by atoms with van der Waals surface area (Å²) in [6.07, 6.45) is 0. The molecule has 2 heterocycles. The van der Waals surface area contributed by atoms with Crippen LogP contribution >= 0.6 is 11.3 Å². The second-order valence-corrected chi connectivity index (χ2v) is 6.16. The van der Waals surface area contributed by atoms with E-state index in [0.717, 1.165) is 11.3 Å². The van der Waals surface area contributed by atoms with Gasteiger partial charge in [0.05, 0.1) is 12.3 Å². The molecule has 0 aliphatic rings. The van der Waals surface area contributed by atoms with E-state index in [1.54, 1.807) is 19.1 Å². The Morgan fingerprint density at radius 3 is 2.64 bits per heavy atom. The predicted octanol–water partition coefficient (Wildman–Crippen LogP) is 2.89. The van der Waals surface area contributed by atoms with Gasteiger partial charge >= 0.3 is 5.97 Å². The minimum atomic E-state index is -0.574. The van der Waals surface area contributed by atoms with Crippen molar-refractivity contribution < 1.29 is 14.3 Å². The quantitative estimate of drug-likeness (QED) is 0.618. The van der Waals surface area contributed by atoms with Gasteiger partial charge in [-0.2, -0.15) is 0 Å². The molecule has 3 aromatic rings. The number of hydrogen-bond donors (Lipinski definition) is 3. The number of rotatable bonds is 4. The van der Waals surface area contributed by atoms with E-state index in [2.05, 4.69) is 10.3 Å². The van der Waals surface area contributed by atoms with E-state index in [4.69, 9.17) is 16.2 Å². The van der Waals surface area contributed by atoms with Gasteiger partial charge in [0.1, 0.15) is 21.1 Å². The van der Waals surface area contributed by atoms with Gasteiger partial charge in [-0.1, -0.05) is 18.2 Å². The molecular weight excluding hydrogens is 340 g/mol. The minimum absolute atomic E-state index is 0.0437. The molecule has 7 nitrogen and oxygen atoms in total. The number of aromatic nitrogens is 1. The largest absolute Gasteiger partial charge is 0.462 e. The fourth-order valence-electron chi connectivity index (χ4n) is 2.30. The van der Waals surface area contributed by atoms with Crippen molar-refractivity contribution in [2.75, 3.05) is 23.4 Å². The molecule has 0 saturated heterocycles. The van der Waals surface area contributed by atoms with E-state index in [1.807, 2.05) is 18.2 Å². The maximum atomic E-state index is 12.5. The highest BCUT2D eigenvalue weighted by Gasteiger charge is 2.21. The van der Waals surface area contributed by atoms with Crippen molar-refractivity contribution in [1.29, 1.82) is 0 Å². The van der Waals surface area contributed by atoms with Crippen LogP contribution < -0.4 is 16.8 Å². The molecule has 1 amide bonds. The summed E-state index contributed by atoms with van der Waals surface area (Å²) in [5, 5.41) is 3.27. The number of nitrogens with two attached hydrogens (primary N) is 2. The third-order valence-electron chi connectivity index (χ3n) is 3.48. The zero-order chi connectivity index (χ0) is 18.0. The second kappa shape index (κ2) is 6.78. The van der Waals surface area contributed by atoms with Gasteiger partial charge in [-0.15, -0.1) is 11.3 Å². The van der Waals surface area contributed by atoms with Crippen molar-refractivity contribution in [3.63, 3.8) is 0 Å². The van der Waals surface area contributed by atoms with E-state index < -0.39 is 5.97 Å². The number of anilines is 3. The van der Waals surface area contributed by atoms with Gasteiger partial charge in [0.25, 0.3) is 5.91 Å². The molecule has 0 saturated carbocycles. The third-order valence-corrected chi connectivity index (χ3v) is 4.60. The highest BCUT2D eigenvalue weighted by Crippen LogP contribution is 2.35. The minimum Gasteiger partial charge on any atom is -0.462 e. The van der Waals surface area contributed by atoms with Crippen LogP contribution in [0.5, 0.6) is 0 Å². The average molecular weight is 356 g/mol. The fraction of sp³-hybridized carbons (Fsp3) is 0.118. The maximum Gasteiger partial charge on any atom is 0.341 e. The summed E-state index contributed by atoms with van der Waals surface area (Å²) in [5.41, 5.74) is 13.0. The van der Waals surface area contributed by atoms with Crippen molar-refractivity contribution in [1.82, 2.24) is 4.98 Å². The van der Waals surface area contributed by atoms with Crippen LogP contribution in [0.2, 0.25) is 0 Å². The zero-order valence-electron chi connectivity index (χ0n) is 13.4. The zero-order valence-corrected chi connectivity index (χ0v) is 14.2. The number of esters is 1. The smallest absolute Gasteiger partial charge is 0.341 e. The van der Waals surface area contributed by atoms with Crippen LogP contribution in [-0.4, -0.2) is 23.5 Å². The van der Waals surface area contributed by atoms with Crippen molar-refractivity contribution in [3.05, 3.63) is 46.8 Å². The Morgan fingerprint density at radius 2 is 1.96 bits per heavy atom. The van der Waals surface area contributed by atoms with Crippen LogP contribution in [0.3, 0.4) is 0 Å². The summed E-state index contributed by atoms with van der Waals surface area (Å²) in [4.78, 5) is 29.4. The van der Waals surface area contributed by atoms with Crippen molar-refractivity contribution in [2.45, 2.75) is 6.92 Å². The third kappa shape index (κ3) is 3.24. The summed E-state index contributed by atoms with van der Waals surface area (Å²) < 4.78 is 4.96. The first-order chi connectivity index (χ1) is 12.0. The number of hydrogen-bond acceptors (Lipinski definition) is 7. The number of para-hydroxylation sites is 1. The van der Waals surface area contributed by atoms with Crippen molar-refractivity contribution >= 4 is 50.6 Å². The highest BCUT2D eigenvalue weighted by molar-refractivity contribution is 7.21. The molecule has 5 N–H and O–H groups in total. The van der Waals surface area contributed by atoms with E-state index >= 15 is 0 Å². The Labute approximate surface area is 147 Å². The first-order valence-corrected chi connectivity index (χ1v) is 8.35. The molecule has 0 radical (unpaired) electrons. The van der Waals surface area contributed by atoms with Gasteiger partial charge in [-0.05, 0) is 25.1 Å². The van der Waals surface area contributed by atoms with Gasteiger partial charge in [0, 0.05) is 11.1 Å². The molecule has 0 spiro atoms. The number of thiophene rings is 1. The van der Waals surface area contributed by atoms with E-state index in [0.29, 0.717) is 20.8 Å². The van der Waals surface area contributed by atoms with Crippen LogP contribution in [0.25, 0.3) is 10.2 Å². The molecule has 2 aromatic heterocycles. The monoisotopic (exact) mass is 356 g/mol. The summed E-state index contributed by atoms with van der Waals surface area (Å²) in [7, 11) is 0. The second-order valence-electron chi connectivity index (χ2n) is 5.16. The van der Waals surface area contributed by atoms with Crippen LogP contribution in [0, 0.1) is 0 Å². The number of carbonyl (C=O) groups is 2. The van der Waals surface area contributed by atoms with Crippen LogP contribution in [-0.2, 0) is 4.74 Å². The number of nitrogens with one attached hydrogen (secondary N) is 1. The molecule has 0 bridgehead atoms. The maximum absolute atomic E-state index is 12.5. The van der Waals surface area contributed by atoms with E-state index in [1.165, 1.54) is 6.07 Å². The van der Waals surface area contributed by atoms with Crippen LogP contribution in [0.4, 0.5) is 17.2 Å². The van der Waals surface area contributed by atoms with Crippen LogP contribution in [0.1, 0.15) is 27.0 Å². The van der Waals surface area contributed by atoms with E-state index in [9.17, 15) is 9.59 Å². The lowest BCUT2D eigenvalue weighted by Gasteiger charge is -2.05. The molecule has 0 atom stereocenters. The number of nitrogen functional groups attached to an aromatic ring is 2. The van der Waals surface area contributed by atoms with Gasteiger partial charge < -0.3 is 21.5 Å². The topological polar surface area (TPSA) is 120 Å². The molecule has 8 heteroatoms. The Bertz CT molecular complexity index is 953. The van der Waals surface area contributed by atoms with Gasteiger partial charge in [-0.3, -0.25) is 4.79 Å². The van der Waals surface area contributed by atoms with Crippen molar-refractivity contribution in [2.24, 2.45) is 0 Å². The van der Waals surface area contributed by atoms with Gasteiger partial charge in [-0.25, -0.2) is 9.78 Å². The number of ether oxygens (including phenoxy) is 1. The first kappa shape index (κ1) is 16.7. The summed E-state index contributed by atoms with van der Waals surface area (Å²) >= 11 is 1.12. The number of pyridine rings is 1. The molecule has 0 fully saturated rings. The summed E-state index contributed by atoms with van der Waals surface area (Å²) in [6.45, 7) is 1.92. The highest BCUT2D eigenvalue weighted by atomic mass is 32.1. The lowest BCUT2D eigenvalue weighted by Crippen LogP contribution is -2.11. The van der Waals surface area contributed by atoms with Crippen molar-refractivity contribution in [3.8, 4) is 0 Å². The summed E-state index contributed by atoms with van der Waals surface area (Å²) in [5.74, 6) is -0.875. The molecule has 1 aromatic carbocycles. The number of nitrogens with zero attached hydrogens (tertiary/aromatic N) is 1. The predicted molar refractivity (Wildman–Crippen MR) is 98.8 cm³/mol. The Morgan fingerprint density at radius 1 is 1.24 bits per heavy atom. The SMILES string of the molecule is CCOC(=O)c1cc2c(N)c(C(=O)Nc3ccccc3)sc2nc1N. The standard InChI is InChI=1S/C17H16N4O3S/c1-2-24-17(23)11-8-10-12(18)13(25-16(10)21-14(11)19)15(22)20-9-6-4-3-5-7-9/h3-8H,2,18H2,1H3,(H2,19,21)(H,20,22). The Hall–Kier alpha value is -3.13. The Balaban J connectivity index is 1.99. The fourth-order valence-corrected chi connectivity index (χ4v) is 3.28. The molecule has 25 heavy (non-hydrogen) atoms. The van der Waals surface area contributed by atoms with E-state index in [-0.39, 0.29) is 29.6 Å². The number of carbonyl (C=O) groups excluding carboxylic acids is 2. The Kier molecular flexibility index (Phi) is 4.53. The first-order valence-electron chi connectivity index (χ1n) is 7.53. The molecule has 0 aliphatic carbocycles. The molecular formula is C17H16N4O3S. The molecule has 0 unspecified atom stereocenters. The van der Waals surface area contributed by atoms with Gasteiger partial charge in [0.15, 0.2) is 0 Å². The molecule has 0 aliphatic heterocycles. The number of amides is 1. The average Bonchev–Trinajstić information content (AvgIpc) is 2.91. The number of benzene rings is 1. The van der Waals surface area contributed by atoms with Gasteiger partial charge in [0.2, 0.25) is 0 Å². The lowest BCUT2D eigenvalue weighted by atomic mass is 10.2. The molecule has 3 rings (SSSR count). The normalized spacial score (nSPS) is 10.6. The summed E-state index contributed by atoms with van der Waals surface area (Å²) in [6, 6.07) is 10.6. The van der Waals surface area contributed by atoms with Crippen LogP contribution in [0.15, 0.2) is 36.4 Å².